The Balaban J connectivity index is 2.25. The van der Waals surface area contributed by atoms with E-state index in [-0.39, 0.29) is 0 Å². The molecule has 0 bridgehead atoms. The summed E-state index contributed by atoms with van der Waals surface area (Å²) in [4.78, 5) is 4.45. The SMILES string of the molecule is CCCc1nc(-c2cn(CCN)nn2)n(C)n1. The lowest BCUT2D eigenvalue weighted by Gasteiger charge is -1.93. The Labute approximate surface area is 99.6 Å². The van der Waals surface area contributed by atoms with Gasteiger partial charge in [-0.15, -0.1) is 5.10 Å². The van der Waals surface area contributed by atoms with Crippen LogP contribution in [0, 0.1) is 0 Å². The van der Waals surface area contributed by atoms with Crippen LogP contribution in [0.5, 0.6) is 0 Å². The fourth-order valence-corrected chi connectivity index (χ4v) is 1.63. The summed E-state index contributed by atoms with van der Waals surface area (Å²) in [5, 5.41) is 12.4. The minimum atomic E-state index is 0.544. The quantitative estimate of drug-likeness (QED) is 0.787. The number of aromatic nitrogens is 6. The van der Waals surface area contributed by atoms with E-state index in [1.807, 2.05) is 13.2 Å². The van der Waals surface area contributed by atoms with Crippen molar-refractivity contribution in [1.82, 2.24) is 29.8 Å². The van der Waals surface area contributed by atoms with Crippen LogP contribution >= 0.6 is 0 Å². The lowest BCUT2D eigenvalue weighted by Crippen LogP contribution is -2.10. The van der Waals surface area contributed by atoms with Crippen LogP contribution in [0.4, 0.5) is 0 Å². The van der Waals surface area contributed by atoms with Crippen molar-refractivity contribution in [2.24, 2.45) is 12.8 Å². The van der Waals surface area contributed by atoms with Gasteiger partial charge >= 0.3 is 0 Å². The fraction of sp³-hybridized carbons (Fsp3) is 0.600. The Hall–Kier alpha value is -1.76. The number of nitrogens with two attached hydrogens (primary N) is 1. The molecule has 0 aliphatic heterocycles. The molecule has 2 heterocycles. The van der Waals surface area contributed by atoms with Gasteiger partial charge in [0, 0.05) is 20.0 Å². The molecule has 7 heteroatoms. The van der Waals surface area contributed by atoms with Crippen LogP contribution < -0.4 is 5.73 Å². The Morgan fingerprint density at radius 3 is 2.94 bits per heavy atom. The van der Waals surface area contributed by atoms with E-state index in [1.165, 1.54) is 0 Å². The van der Waals surface area contributed by atoms with Crippen molar-refractivity contribution in [2.75, 3.05) is 6.54 Å². The Bertz CT molecular complexity index is 485. The molecule has 2 aromatic rings. The van der Waals surface area contributed by atoms with Gasteiger partial charge in [0.2, 0.25) is 0 Å². The highest BCUT2D eigenvalue weighted by Crippen LogP contribution is 2.13. The molecule has 0 aliphatic rings. The highest BCUT2D eigenvalue weighted by Gasteiger charge is 2.12. The van der Waals surface area contributed by atoms with Gasteiger partial charge < -0.3 is 5.73 Å². The molecule has 0 radical (unpaired) electrons. The second kappa shape index (κ2) is 5.05. The van der Waals surface area contributed by atoms with Crippen molar-refractivity contribution in [3.8, 4) is 11.5 Å². The lowest BCUT2D eigenvalue weighted by molar-refractivity contribution is 0.598. The van der Waals surface area contributed by atoms with E-state index < -0.39 is 0 Å². The Morgan fingerprint density at radius 1 is 1.41 bits per heavy atom. The van der Waals surface area contributed by atoms with Crippen LogP contribution in [0.15, 0.2) is 6.20 Å². The molecule has 2 N–H and O–H groups in total. The van der Waals surface area contributed by atoms with Gasteiger partial charge in [-0.1, -0.05) is 12.1 Å². The maximum absolute atomic E-state index is 5.46. The van der Waals surface area contributed by atoms with E-state index in [2.05, 4.69) is 27.3 Å². The number of nitrogens with zero attached hydrogens (tertiary/aromatic N) is 6. The normalized spacial score (nSPS) is 11.0. The van der Waals surface area contributed by atoms with Gasteiger partial charge in [0.25, 0.3) is 0 Å². The number of aryl methyl sites for hydroxylation is 2. The molecule has 0 amide bonds. The van der Waals surface area contributed by atoms with E-state index in [0.717, 1.165) is 30.2 Å². The first kappa shape index (κ1) is 11.7. The number of rotatable bonds is 5. The van der Waals surface area contributed by atoms with Gasteiger partial charge in [-0.2, -0.15) is 5.10 Å². The maximum atomic E-state index is 5.46. The Morgan fingerprint density at radius 2 is 2.24 bits per heavy atom. The number of hydrogen-bond acceptors (Lipinski definition) is 5. The molecule has 0 saturated carbocycles. The first-order valence-electron chi connectivity index (χ1n) is 5.75. The van der Waals surface area contributed by atoms with Crippen LogP contribution in [0.3, 0.4) is 0 Å². The summed E-state index contributed by atoms with van der Waals surface area (Å²) in [6.45, 7) is 3.31. The van der Waals surface area contributed by atoms with E-state index in [4.69, 9.17) is 5.73 Å². The highest BCUT2D eigenvalue weighted by molar-refractivity contribution is 5.46. The largest absolute Gasteiger partial charge is 0.329 e. The summed E-state index contributed by atoms with van der Waals surface area (Å²) in [6.07, 6.45) is 3.75. The second-order valence-electron chi connectivity index (χ2n) is 3.88. The molecule has 2 rings (SSSR count). The first-order chi connectivity index (χ1) is 8.24. The van der Waals surface area contributed by atoms with Gasteiger partial charge in [0.1, 0.15) is 5.69 Å². The summed E-state index contributed by atoms with van der Waals surface area (Å²) < 4.78 is 3.45. The van der Waals surface area contributed by atoms with Crippen LogP contribution in [0.1, 0.15) is 19.2 Å². The smallest absolute Gasteiger partial charge is 0.180 e. The maximum Gasteiger partial charge on any atom is 0.180 e. The molecule has 0 spiro atoms. The van der Waals surface area contributed by atoms with E-state index in [1.54, 1.807) is 9.36 Å². The average molecular weight is 235 g/mol. The highest BCUT2D eigenvalue weighted by atomic mass is 15.4. The van der Waals surface area contributed by atoms with Crippen LogP contribution in [0.25, 0.3) is 11.5 Å². The van der Waals surface area contributed by atoms with Crippen molar-refractivity contribution >= 4 is 0 Å². The summed E-state index contributed by atoms with van der Waals surface area (Å²) in [6, 6.07) is 0. The van der Waals surface area contributed by atoms with Gasteiger partial charge in [0.05, 0.1) is 12.7 Å². The molecule has 7 nitrogen and oxygen atoms in total. The van der Waals surface area contributed by atoms with Crippen LogP contribution in [-0.4, -0.2) is 36.3 Å². The van der Waals surface area contributed by atoms with E-state index in [9.17, 15) is 0 Å². The van der Waals surface area contributed by atoms with E-state index >= 15 is 0 Å². The monoisotopic (exact) mass is 235 g/mol. The molecule has 0 atom stereocenters. The molecule has 0 aliphatic carbocycles. The second-order valence-corrected chi connectivity index (χ2v) is 3.88. The van der Waals surface area contributed by atoms with Gasteiger partial charge in [-0.05, 0) is 6.42 Å². The molecule has 17 heavy (non-hydrogen) atoms. The Kier molecular flexibility index (Phi) is 3.48. The van der Waals surface area contributed by atoms with Gasteiger partial charge in [-0.25, -0.2) is 9.67 Å². The standard InChI is InChI=1S/C10H17N7/c1-3-4-9-12-10(16(2)14-9)8-7-17(6-5-11)15-13-8/h7H,3-6,11H2,1-2H3. The summed E-state index contributed by atoms with van der Waals surface area (Å²) in [7, 11) is 1.86. The molecule has 0 saturated heterocycles. The minimum absolute atomic E-state index is 0.544. The zero-order valence-electron chi connectivity index (χ0n) is 10.2. The molecule has 92 valence electrons. The average Bonchev–Trinajstić information content (AvgIpc) is 2.87. The molecule has 0 aromatic carbocycles. The topological polar surface area (TPSA) is 87.4 Å². The summed E-state index contributed by atoms with van der Waals surface area (Å²) in [5.74, 6) is 1.59. The van der Waals surface area contributed by atoms with Gasteiger partial charge in [-0.3, -0.25) is 4.68 Å². The molecule has 0 unspecified atom stereocenters. The predicted molar refractivity (Wildman–Crippen MR) is 63.1 cm³/mol. The molecule has 0 fully saturated rings. The molecular weight excluding hydrogens is 218 g/mol. The zero-order chi connectivity index (χ0) is 12.3. The van der Waals surface area contributed by atoms with Crippen molar-refractivity contribution in [1.29, 1.82) is 0 Å². The van der Waals surface area contributed by atoms with Crippen molar-refractivity contribution in [3.05, 3.63) is 12.0 Å². The first-order valence-corrected chi connectivity index (χ1v) is 5.75. The summed E-state index contributed by atoms with van der Waals surface area (Å²) in [5.41, 5.74) is 6.19. The third-order valence-corrected chi connectivity index (χ3v) is 2.41. The zero-order valence-corrected chi connectivity index (χ0v) is 10.2. The summed E-state index contributed by atoms with van der Waals surface area (Å²) >= 11 is 0. The fourth-order valence-electron chi connectivity index (χ4n) is 1.63. The number of hydrogen-bond donors (Lipinski definition) is 1. The van der Waals surface area contributed by atoms with E-state index in [0.29, 0.717) is 13.1 Å². The molecular formula is C10H17N7. The minimum Gasteiger partial charge on any atom is -0.329 e. The van der Waals surface area contributed by atoms with Crippen LogP contribution in [-0.2, 0) is 20.0 Å². The van der Waals surface area contributed by atoms with Crippen LogP contribution in [0.2, 0.25) is 0 Å². The van der Waals surface area contributed by atoms with Crippen molar-refractivity contribution in [2.45, 2.75) is 26.3 Å². The lowest BCUT2D eigenvalue weighted by atomic mass is 10.3. The third-order valence-electron chi connectivity index (χ3n) is 2.41. The van der Waals surface area contributed by atoms with Crippen molar-refractivity contribution in [3.63, 3.8) is 0 Å². The molecule has 2 aromatic heterocycles. The third kappa shape index (κ3) is 2.50. The van der Waals surface area contributed by atoms with Gasteiger partial charge in [0.15, 0.2) is 11.6 Å². The van der Waals surface area contributed by atoms with Crippen molar-refractivity contribution < 1.29 is 0 Å². The predicted octanol–water partition coefficient (Wildman–Crippen LogP) is -0.0152.